The number of hydrogen-bond donors (Lipinski definition) is 7. The number of amides is 8. The van der Waals surface area contributed by atoms with E-state index in [9.17, 15) is 70.3 Å². The summed E-state index contributed by atoms with van der Waals surface area (Å²) in [4.78, 5) is 135. The molecule has 2 heterocycles. The van der Waals surface area contributed by atoms with E-state index in [-0.39, 0.29) is 122 Å². The first-order chi connectivity index (χ1) is 47.9. The number of nitrogens with one attached hydrogen (secondary N) is 6. The fourth-order valence-electron chi connectivity index (χ4n) is 10.6. The summed E-state index contributed by atoms with van der Waals surface area (Å²) in [6.45, 7) is 9.59. The van der Waals surface area contributed by atoms with Gasteiger partial charge in [-0.05, 0) is 125 Å². The van der Waals surface area contributed by atoms with Gasteiger partial charge in [0.15, 0.2) is 23.2 Å². The Kier molecular flexibility index (Phi) is 27.8. The van der Waals surface area contributed by atoms with E-state index in [4.69, 9.17) is 60.1 Å². The zero-order valence-electron chi connectivity index (χ0n) is 56.5. The summed E-state index contributed by atoms with van der Waals surface area (Å²) in [5.41, 5.74) is 1.09. The molecule has 6 aromatic carbocycles. The monoisotopic (exact) mass is 1510 g/mol. The molecule has 31 heteroatoms. The zero-order chi connectivity index (χ0) is 75.0. The van der Waals surface area contributed by atoms with E-state index < -0.39 is 115 Å². The number of fused-ring (bicyclic) bond motifs is 2. The van der Waals surface area contributed by atoms with Crippen LogP contribution < -0.4 is 36.1 Å². The van der Waals surface area contributed by atoms with Crippen LogP contribution in [0.5, 0.6) is 11.5 Å². The third kappa shape index (κ3) is 23.6. The van der Waals surface area contributed by atoms with Gasteiger partial charge in [0.2, 0.25) is 35.4 Å². The highest BCUT2D eigenvalue weighted by molar-refractivity contribution is 7.86. The van der Waals surface area contributed by atoms with Crippen molar-refractivity contribution in [3.8, 4) is 11.5 Å². The Morgan fingerprint density at radius 1 is 0.539 bits per heavy atom. The van der Waals surface area contributed by atoms with Gasteiger partial charge in [-0.3, -0.25) is 38.4 Å². The van der Waals surface area contributed by atoms with Gasteiger partial charge in [0.25, 0.3) is 0 Å². The van der Waals surface area contributed by atoms with Crippen molar-refractivity contribution in [3.63, 3.8) is 0 Å². The minimum absolute atomic E-state index is 0.00423. The average molecular weight is 1510 g/mol. The Bertz CT molecular complexity index is 4260. The van der Waals surface area contributed by atoms with Crippen LogP contribution in [-0.4, -0.2) is 137 Å². The quantitative estimate of drug-likeness (QED) is 0.0168. The number of carbonyl (C=O) groups excluding carboxylic acids is 10. The number of aromatic hydroxyl groups is 1. The number of ketones is 2. The lowest BCUT2D eigenvalue weighted by Crippen LogP contribution is -2.56. The minimum Gasteiger partial charge on any atom is -0.508 e. The molecule has 0 saturated heterocycles. The largest absolute Gasteiger partial charge is 0.508 e. The molecule has 24 nitrogen and oxygen atoms in total. The van der Waals surface area contributed by atoms with E-state index in [2.05, 4.69) is 31.9 Å². The molecule has 2 aliphatic rings. The van der Waals surface area contributed by atoms with Crippen LogP contribution in [0.1, 0.15) is 123 Å². The molecule has 8 rings (SSSR count). The number of phenols is 1. The van der Waals surface area contributed by atoms with Crippen molar-refractivity contribution in [2.75, 3.05) is 30.0 Å². The predicted molar refractivity (Wildman–Crippen MR) is 378 cm³/mol. The molecule has 7 N–H and O–H groups in total. The van der Waals surface area contributed by atoms with Crippen molar-refractivity contribution < 1.29 is 83.9 Å². The fraction of sp³-hybridized carbons (Fsp3) is 0.352. The van der Waals surface area contributed by atoms with Gasteiger partial charge in [0.1, 0.15) is 46.9 Å². The van der Waals surface area contributed by atoms with Crippen LogP contribution >= 0.6 is 46.4 Å². The topological polar surface area (TPSA) is 331 Å². The van der Waals surface area contributed by atoms with Crippen molar-refractivity contribution in [3.05, 3.63) is 186 Å². The van der Waals surface area contributed by atoms with Crippen LogP contribution in [0.15, 0.2) is 121 Å². The molecule has 0 saturated carbocycles. The molecule has 8 amide bonds. The molecule has 0 radical (unpaired) electrons. The molecule has 0 fully saturated rings. The van der Waals surface area contributed by atoms with Crippen molar-refractivity contribution in [1.29, 1.82) is 0 Å². The van der Waals surface area contributed by atoms with E-state index in [1.165, 1.54) is 58.3 Å². The summed E-state index contributed by atoms with van der Waals surface area (Å²) in [6, 6.07) is 25.9. The molecule has 544 valence electrons. The van der Waals surface area contributed by atoms with Crippen molar-refractivity contribution >= 4 is 127 Å². The van der Waals surface area contributed by atoms with Crippen molar-refractivity contribution in [1.82, 2.24) is 31.1 Å². The Labute approximate surface area is 607 Å². The molecular formula is C71H76Cl4F2N8O16S. The highest BCUT2D eigenvalue weighted by Gasteiger charge is 2.39. The summed E-state index contributed by atoms with van der Waals surface area (Å²) in [7, 11) is -3.87. The third-order valence-electron chi connectivity index (χ3n) is 15.5. The second kappa shape index (κ2) is 35.5. The highest BCUT2D eigenvalue weighted by atomic mass is 35.5. The van der Waals surface area contributed by atoms with E-state index >= 15 is 0 Å². The standard InChI is InChI=1S/C36H39Cl2FN4O9S.C35H37Cl2FN4O7/c1-36(2,3)51-35(48)40-17-16-27(33(46)41-26-13-12-25(37)31(38)32(26)39)42-34(47)28-19-22-10-11-24(52-53(4,49)50)18-23(22)20-43(28)30(45)15-14-29(44)21-8-6-5-7-9-21;1-35(2,3)49-34(48)39-16-15-26(32(46)40-25-12-11-24(36)30(37)31(25)38)41-33(47)27-18-21-9-10-23(43)17-22(21)19-42(27)29(45)14-13-28(44)20-7-5-4-6-8-20/h5-13,18,27-28H,14-17,19-20H2,1-4H3,(H,40,48)(H,41,46)(H,42,47);4-12,17,26-27,43H,13-16,18-19H2,1-3H3,(H,39,48)(H,40,46)(H,41,47)/t27-,28-;26-,27-/m00/s1. The van der Waals surface area contributed by atoms with Gasteiger partial charge >= 0.3 is 22.3 Å². The molecule has 0 aliphatic carbocycles. The lowest BCUT2D eigenvalue weighted by atomic mass is 9.92. The van der Waals surface area contributed by atoms with Crippen LogP contribution in [-0.2, 0) is 74.3 Å². The molecule has 0 spiro atoms. The number of hydrogen-bond acceptors (Lipinski definition) is 16. The fourth-order valence-corrected chi connectivity index (χ4v) is 11.7. The number of carbonyl (C=O) groups is 10. The Hall–Kier alpha value is -9.41. The first-order valence-corrected chi connectivity index (χ1v) is 35.3. The van der Waals surface area contributed by atoms with E-state index in [1.54, 1.807) is 114 Å². The Morgan fingerprint density at radius 2 is 0.931 bits per heavy atom. The summed E-state index contributed by atoms with van der Waals surface area (Å²) in [6.07, 6.45) is -1.67. The maximum atomic E-state index is 14.9. The number of halogens is 6. The maximum Gasteiger partial charge on any atom is 0.407 e. The van der Waals surface area contributed by atoms with Crippen LogP contribution in [0, 0.1) is 11.6 Å². The molecule has 0 bridgehead atoms. The first-order valence-electron chi connectivity index (χ1n) is 31.9. The van der Waals surface area contributed by atoms with Crippen LogP contribution in [0.3, 0.4) is 0 Å². The lowest BCUT2D eigenvalue weighted by Gasteiger charge is -2.37. The second-order valence-corrected chi connectivity index (χ2v) is 28.9. The summed E-state index contributed by atoms with van der Waals surface area (Å²) in [5.74, 6) is -6.72. The van der Waals surface area contributed by atoms with Crippen molar-refractivity contribution in [2.45, 2.75) is 141 Å². The zero-order valence-corrected chi connectivity index (χ0v) is 60.3. The molecule has 2 aliphatic heterocycles. The van der Waals surface area contributed by atoms with Gasteiger partial charge in [0.05, 0.1) is 37.7 Å². The number of alkyl carbamates (subject to hydrolysis) is 2. The molecule has 4 atom stereocenters. The lowest BCUT2D eigenvalue weighted by molar-refractivity contribution is -0.142. The Morgan fingerprint density at radius 3 is 1.32 bits per heavy atom. The predicted octanol–water partition coefficient (Wildman–Crippen LogP) is 11.2. The first kappa shape index (κ1) is 79.9. The van der Waals surface area contributed by atoms with E-state index in [0.29, 0.717) is 33.4 Å². The highest BCUT2D eigenvalue weighted by Crippen LogP contribution is 2.34. The third-order valence-corrected chi connectivity index (χ3v) is 17.6. The smallest absolute Gasteiger partial charge is 0.407 e. The minimum atomic E-state index is -3.87. The molecule has 6 aromatic rings. The molecule has 0 aromatic heterocycles. The number of Topliss-reactive ketones (excluding diaryl/α,β-unsaturated/α-hetero) is 2. The number of benzene rings is 6. The van der Waals surface area contributed by atoms with Crippen LogP contribution in [0.2, 0.25) is 20.1 Å². The summed E-state index contributed by atoms with van der Waals surface area (Å²) in [5, 5.41) is 24.2. The summed E-state index contributed by atoms with van der Waals surface area (Å²) >= 11 is 23.6. The second-order valence-electron chi connectivity index (χ2n) is 25.7. The molecule has 102 heavy (non-hydrogen) atoms. The maximum absolute atomic E-state index is 14.9. The molecule has 0 unspecified atom stereocenters. The Balaban J connectivity index is 0.000000287. The number of anilines is 2. The normalized spacial score (nSPS) is 14.7. The van der Waals surface area contributed by atoms with Gasteiger partial charge in [-0.2, -0.15) is 8.42 Å². The van der Waals surface area contributed by atoms with Crippen molar-refractivity contribution in [2.24, 2.45) is 0 Å². The van der Waals surface area contributed by atoms with Gasteiger partial charge in [-0.15, -0.1) is 0 Å². The number of ether oxygens (including phenoxy) is 2. The number of rotatable bonds is 24. The van der Waals surface area contributed by atoms with E-state index in [0.717, 1.165) is 6.26 Å². The van der Waals surface area contributed by atoms with E-state index in [1.807, 2.05) is 0 Å². The molecular weight excluding hydrogens is 1430 g/mol. The number of phenolic OH excluding ortho intramolecular Hbond substituents is 1. The van der Waals surface area contributed by atoms with Crippen LogP contribution in [0.4, 0.5) is 29.7 Å². The van der Waals surface area contributed by atoms with Gasteiger partial charge < -0.3 is 60.5 Å². The summed E-state index contributed by atoms with van der Waals surface area (Å²) < 4.78 is 68.8. The van der Waals surface area contributed by atoms with Crippen LogP contribution in [0.25, 0.3) is 0 Å². The average Bonchev–Trinajstić information content (AvgIpc) is 0.790. The van der Waals surface area contributed by atoms with Gasteiger partial charge in [0, 0.05) is 75.8 Å². The number of nitrogens with zero attached hydrogens (tertiary/aromatic N) is 2. The van der Waals surface area contributed by atoms with Gasteiger partial charge in [-0.25, -0.2) is 18.4 Å². The SMILES string of the molecule is CC(C)(C)OC(=O)NCC[C@H](NC(=O)[C@@H]1Cc2ccc(O)cc2CN1C(=O)CCC(=O)c1ccccc1)C(=O)Nc1ccc(Cl)c(Cl)c1F.CC(C)(C)OC(=O)NCC[C@H](NC(=O)[C@@H]1Cc2ccc(OS(C)(=O)=O)cc2CN1C(=O)CCC(=O)c1ccccc1)C(=O)Nc1ccc(Cl)c(Cl)c1F. The van der Waals surface area contributed by atoms with Gasteiger partial charge in [-0.1, -0.05) is 119 Å².